The molecule has 1 aliphatic carbocycles. The van der Waals surface area contributed by atoms with Crippen LogP contribution in [0.1, 0.15) is 25.7 Å². The molecule has 2 N–H and O–H groups in total. The third-order valence-corrected chi connectivity index (χ3v) is 7.05. The lowest BCUT2D eigenvalue weighted by atomic mass is 9.96. The van der Waals surface area contributed by atoms with E-state index in [1.165, 1.54) is 17.7 Å². The summed E-state index contributed by atoms with van der Waals surface area (Å²) < 4.78 is 28.2. The third kappa shape index (κ3) is 4.76. The lowest BCUT2D eigenvalue weighted by molar-refractivity contribution is -0.125. The number of piperidine rings is 1. The first-order chi connectivity index (χ1) is 16.4. The molecule has 3 heterocycles. The molecule has 1 aliphatic heterocycles. The number of fused-ring (bicyclic) bond motifs is 1. The number of amides is 2. The predicted octanol–water partition coefficient (Wildman–Crippen LogP) is 2.26. The second-order valence-corrected chi connectivity index (χ2v) is 9.52. The van der Waals surface area contributed by atoms with Crippen LogP contribution >= 0.6 is 11.3 Å². The van der Waals surface area contributed by atoms with Gasteiger partial charge < -0.3 is 15.5 Å². The van der Waals surface area contributed by atoms with Crippen LogP contribution in [0.5, 0.6) is 0 Å². The van der Waals surface area contributed by atoms with Crippen LogP contribution in [0, 0.1) is 17.6 Å². The van der Waals surface area contributed by atoms with Crippen molar-refractivity contribution in [2.45, 2.75) is 38.3 Å². The molecule has 12 heteroatoms. The van der Waals surface area contributed by atoms with Gasteiger partial charge in [-0.1, -0.05) is 11.3 Å². The van der Waals surface area contributed by atoms with Gasteiger partial charge in [0, 0.05) is 31.1 Å². The van der Waals surface area contributed by atoms with Crippen molar-refractivity contribution < 1.29 is 18.4 Å². The van der Waals surface area contributed by atoms with Crippen LogP contribution in [0.3, 0.4) is 0 Å². The van der Waals surface area contributed by atoms with Crippen molar-refractivity contribution in [2.24, 2.45) is 5.92 Å². The summed E-state index contributed by atoms with van der Waals surface area (Å²) in [6.07, 6.45) is 4.78. The van der Waals surface area contributed by atoms with Crippen molar-refractivity contribution in [3.8, 4) is 0 Å². The van der Waals surface area contributed by atoms with Gasteiger partial charge in [-0.2, -0.15) is 4.98 Å². The molecule has 0 spiro atoms. The fraction of sp³-hybridized carbons (Fsp3) is 0.409. The summed E-state index contributed by atoms with van der Waals surface area (Å²) in [5, 5.41) is 6.03. The number of carbonyl (C=O) groups is 2. The highest BCUT2D eigenvalue weighted by molar-refractivity contribution is 7.22. The van der Waals surface area contributed by atoms with Crippen molar-refractivity contribution in [1.82, 2.24) is 19.9 Å². The number of halogens is 2. The summed E-state index contributed by atoms with van der Waals surface area (Å²) in [5.41, 5.74) is -0.315. The average Bonchev–Trinajstić information content (AvgIpc) is 3.52. The van der Waals surface area contributed by atoms with Crippen molar-refractivity contribution >= 4 is 44.3 Å². The monoisotopic (exact) mass is 488 g/mol. The van der Waals surface area contributed by atoms with E-state index in [0.717, 1.165) is 29.5 Å². The molecule has 2 amide bonds. The van der Waals surface area contributed by atoms with Gasteiger partial charge in [-0.25, -0.2) is 13.8 Å². The Kier molecular flexibility index (Phi) is 5.98. The quantitative estimate of drug-likeness (QED) is 0.551. The number of anilines is 2. The van der Waals surface area contributed by atoms with Crippen molar-refractivity contribution in [3.05, 3.63) is 46.5 Å². The number of benzene rings is 1. The first kappa shape index (κ1) is 22.4. The molecule has 1 saturated carbocycles. The molecule has 9 nitrogen and oxygen atoms in total. The number of rotatable bonds is 6. The Morgan fingerprint density at radius 1 is 1.15 bits per heavy atom. The molecule has 2 fully saturated rings. The first-order valence-corrected chi connectivity index (χ1v) is 11.9. The van der Waals surface area contributed by atoms with Gasteiger partial charge in [-0.15, -0.1) is 0 Å². The van der Waals surface area contributed by atoms with E-state index in [4.69, 9.17) is 0 Å². The SMILES string of the molecule is O=C(Cn1cnc2nc(N3CCC(C(=O)NC4CC4)CC3)sc2c1=O)Nc1ccc(F)cc1F. The maximum absolute atomic E-state index is 13.8. The first-order valence-electron chi connectivity index (χ1n) is 11.0. The molecule has 0 unspecified atom stereocenters. The van der Waals surface area contributed by atoms with E-state index >= 15 is 0 Å². The van der Waals surface area contributed by atoms with Crippen molar-refractivity contribution in [2.75, 3.05) is 23.3 Å². The van der Waals surface area contributed by atoms with E-state index in [2.05, 4.69) is 20.6 Å². The summed E-state index contributed by atoms with van der Waals surface area (Å²) in [6.45, 7) is 0.929. The second-order valence-electron chi connectivity index (χ2n) is 8.54. The molecule has 2 aliphatic rings. The predicted molar refractivity (Wildman–Crippen MR) is 123 cm³/mol. The third-order valence-electron chi connectivity index (χ3n) is 5.95. The molecule has 1 saturated heterocycles. The molecule has 0 radical (unpaired) electrons. The van der Waals surface area contributed by atoms with E-state index in [1.807, 2.05) is 4.90 Å². The molecule has 34 heavy (non-hydrogen) atoms. The van der Waals surface area contributed by atoms with Crippen LogP contribution in [0.15, 0.2) is 29.3 Å². The van der Waals surface area contributed by atoms with Crippen LogP contribution in [-0.4, -0.2) is 45.5 Å². The summed E-state index contributed by atoms with van der Waals surface area (Å²) >= 11 is 1.20. The van der Waals surface area contributed by atoms with Crippen LogP contribution in [0.4, 0.5) is 19.6 Å². The van der Waals surface area contributed by atoms with E-state index in [1.54, 1.807) is 0 Å². The van der Waals surface area contributed by atoms with Gasteiger partial charge >= 0.3 is 0 Å². The average molecular weight is 489 g/mol. The van der Waals surface area contributed by atoms with Crippen molar-refractivity contribution in [3.63, 3.8) is 0 Å². The van der Waals surface area contributed by atoms with Gasteiger partial charge in [0.2, 0.25) is 11.8 Å². The highest BCUT2D eigenvalue weighted by Gasteiger charge is 2.30. The van der Waals surface area contributed by atoms with E-state index < -0.39 is 23.1 Å². The molecule has 2 aromatic heterocycles. The summed E-state index contributed by atoms with van der Waals surface area (Å²) in [6, 6.07) is 3.15. The van der Waals surface area contributed by atoms with Gasteiger partial charge in [0.05, 0.1) is 5.69 Å². The highest BCUT2D eigenvalue weighted by Crippen LogP contribution is 2.30. The van der Waals surface area contributed by atoms with Gasteiger partial charge in [0.25, 0.3) is 5.56 Å². The number of hydrogen-bond donors (Lipinski definition) is 2. The van der Waals surface area contributed by atoms with Gasteiger partial charge in [0.1, 0.15) is 29.2 Å². The van der Waals surface area contributed by atoms with Crippen LogP contribution in [-0.2, 0) is 16.1 Å². The zero-order chi connectivity index (χ0) is 23.8. The standard InChI is InChI=1S/C22H22F2N6O3S/c23-13-1-4-16(15(24)9-13)27-17(31)10-30-11-25-19-18(21(30)33)34-22(28-19)29-7-5-12(6-8-29)20(32)26-14-2-3-14/h1,4,9,11-12,14H,2-3,5-8,10H2,(H,26,32)(H,27,31). The minimum absolute atomic E-state index is 0.00830. The van der Waals surface area contributed by atoms with Crippen LogP contribution in [0.2, 0.25) is 0 Å². The molecule has 3 aromatic rings. The van der Waals surface area contributed by atoms with Crippen LogP contribution < -0.4 is 21.1 Å². The summed E-state index contributed by atoms with van der Waals surface area (Å²) in [4.78, 5) is 48.2. The lowest BCUT2D eigenvalue weighted by Crippen LogP contribution is -2.41. The Morgan fingerprint density at radius 2 is 1.91 bits per heavy atom. The molecule has 178 valence electrons. The lowest BCUT2D eigenvalue weighted by Gasteiger charge is -2.30. The van der Waals surface area contributed by atoms with E-state index in [0.29, 0.717) is 53.5 Å². The molecule has 0 bridgehead atoms. The zero-order valence-corrected chi connectivity index (χ0v) is 18.9. The maximum atomic E-state index is 13.8. The normalized spacial score (nSPS) is 16.6. The van der Waals surface area contributed by atoms with E-state index in [9.17, 15) is 23.2 Å². The topological polar surface area (TPSA) is 109 Å². The fourth-order valence-corrected chi connectivity index (χ4v) is 4.92. The number of hydrogen-bond acceptors (Lipinski definition) is 7. The largest absolute Gasteiger partial charge is 0.353 e. The molecular weight excluding hydrogens is 466 g/mol. The minimum Gasteiger partial charge on any atom is -0.353 e. The Balaban J connectivity index is 1.25. The van der Waals surface area contributed by atoms with Crippen LogP contribution in [0.25, 0.3) is 10.3 Å². The Bertz CT molecular complexity index is 1310. The molecule has 1 aromatic carbocycles. The summed E-state index contributed by atoms with van der Waals surface area (Å²) in [7, 11) is 0. The van der Waals surface area contributed by atoms with E-state index in [-0.39, 0.29) is 24.1 Å². The maximum Gasteiger partial charge on any atom is 0.273 e. The van der Waals surface area contributed by atoms with Gasteiger partial charge in [-0.05, 0) is 37.8 Å². The number of nitrogens with zero attached hydrogens (tertiary/aromatic N) is 4. The van der Waals surface area contributed by atoms with Gasteiger partial charge in [0.15, 0.2) is 10.8 Å². The Labute approximate surface area is 196 Å². The minimum atomic E-state index is -0.907. The molecule has 5 rings (SSSR count). The molecular formula is C22H22F2N6O3S. The number of aromatic nitrogens is 3. The zero-order valence-electron chi connectivity index (χ0n) is 18.1. The smallest absolute Gasteiger partial charge is 0.273 e. The van der Waals surface area contributed by atoms with Crippen molar-refractivity contribution in [1.29, 1.82) is 0 Å². The molecule has 0 atom stereocenters. The second kappa shape index (κ2) is 9.09. The number of thiazole rings is 1. The number of carbonyl (C=O) groups excluding carboxylic acids is 2. The number of nitrogens with one attached hydrogen (secondary N) is 2. The highest BCUT2D eigenvalue weighted by atomic mass is 32.1. The Hall–Kier alpha value is -3.41. The summed E-state index contributed by atoms with van der Waals surface area (Å²) in [5.74, 6) is -2.20. The fourth-order valence-electron chi connectivity index (χ4n) is 3.90. The Morgan fingerprint density at radius 3 is 2.62 bits per heavy atom. The van der Waals surface area contributed by atoms with Gasteiger partial charge in [-0.3, -0.25) is 19.0 Å².